The molecular formula is C21H33ClO2Si. The monoisotopic (exact) mass is 380 g/mol. The molecule has 2 nitrogen and oxygen atoms in total. The van der Waals surface area contributed by atoms with Crippen LogP contribution in [0.25, 0.3) is 6.08 Å². The molecule has 0 amide bonds. The maximum atomic E-state index is 9.96. The average molecular weight is 381 g/mol. The van der Waals surface area contributed by atoms with Gasteiger partial charge >= 0.3 is 0 Å². The van der Waals surface area contributed by atoms with E-state index in [2.05, 4.69) is 53.8 Å². The molecule has 0 unspecified atom stereocenters. The summed E-state index contributed by atoms with van der Waals surface area (Å²) in [7, 11) is -1.91. The van der Waals surface area contributed by atoms with Crippen LogP contribution >= 0.6 is 11.6 Å². The van der Waals surface area contributed by atoms with Gasteiger partial charge in [0.2, 0.25) is 0 Å². The van der Waals surface area contributed by atoms with Gasteiger partial charge in [-0.3, -0.25) is 0 Å². The first-order valence-electron chi connectivity index (χ1n) is 9.13. The summed E-state index contributed by atoms with van der Waals surface area (Å²) in [5.41, 5.74) is 2.35. The highest BCUT2D eigenvalue weighted by Crippen LogP contribution is 2.50. The molecule has 0 bridgehead atoms. The molecule has 1 fully saturated rings. The van der Waals surface area contributed by atoms with Crippen LogP contribution in [0, 0.1) is 11.3 Å². The molecule has 0 heterocycles. The van der Waals surface area contributed by atoms with Crippen molar-refractivity contribution in [3.05, 3.63) is 40.4 Å². The Balaban J connectivity index is 2.43. The van der Waals surface area contributed by atoms with E-state index in [9.17, 15) is 5.11 Å². The van der Waals surface area contributed by atoms with Crippen LogP contribution in [0.3, 0.4) is 0 Å². The van der Waals surface area contributed by atoms with Crippen molar-refractivity contribution < 1.29 is 9.53 Å². The second-order valence-electron chi connectivity index (χ2n) is 9.53. The van der Waals surface area contributed by atoms with E-state index < -0.39 is 8.32 Å². The van der Waals surface area contributed by atoms with E-state index in [0.717, 1.165) is 17.0 Å². The van der Waals surface area contributed by atoms with Crippen molar-refractivity contribution in [3.63, 3.8) is 0 Å². The average Bonchev–Trinajstić information content (AvgIpc) is 2.71. The van der Waals surface area contributed by atoms with Gasteiger partial charge in [-0.15, -0.1) is 0 Å². The van der Waals surface area contributed by atoms with Gasteiger partial charge in [0.1, 0.15) is 0 Å². The molecule has 0 saturated heterocycles. The molecule has 1 N–H and O–H groups in total. The zero-order chi connectivity index (χ0) is 19.0. The van der Waals surface area contributed by atoms with Crippen molar-refractivity contribution in [1.82, 2.24) is 0 Å². The van der Waals surface area contributed by atoms with Crippen LogP contribution in [-0.2, 0) is 4.43 Å². The van der Waals surface area contributed by atoms with E-state index in [1.54, 1.807) is 0 Å². The lowest BCUT2D eigenvalue weighted by Crippen LogP contribution is -2.46. The van der Waals surface area contributed by atoms with Crippen molar-refractivity contribution in [2.75, 3.05) is 6.61 Å². The standard InChI is InChI=1S/C21H33ClO2Si/c1-20(2,3)25(6,7)24-19-18(16(14-23)13-21(19,4)5)12-15-8-10-17(22)11-9-15/h8-12,16,19,23H,13-14H2,1-7H3/b18-12-/t16-,19-/m0/s1. The lowest BCUT2D eigenvalue weighted by atomic mass is 9.88. The minimum Gasteiger partial charge on any atom is -0.410 e. The summed E-state index contributed by atoms with van der Waals surface area (Å²) in [6.45, 7) is 16.1. The molecule has 1 aliphatic rings. The Kier molecular flexibility index (Phi) is 5.95. The number of hydrogen-bond acceptors (Lipinski definition) is 2. The van der Waals surface area contributed by atoms with Crippen molar-refractivity contribution in [3.8, 4) is 0 Å². The van der Waals surface area contributed by atoms with E-state index in [-0.39, 0.29) is 29.1 Å². The van der Waals surface area contributed by atoms with E-state index in [0.29, 0.717) is 0 Å². The van der Waals surface area contributed by atoms with Gasteiger partial charge in [0.25, 0.3) is 0 Å². The second-order valence-corrected chi connectivity index (χ2v) is 14.7. The molecule has 0 aromatic heterocycles. The first-order valence-corrected chi connectivity index (χ1v) is 12.4. The van der Waals surface area contributed by atoms with Crippen LogP contribution in [-0.4, -0.2) is 26.1 Å². The summed E-state index contributed by atoms with van der Waals surface area (Å²) in [5.74, 6) is 0.153. The molecule has 2 rings (SSSR count). The molecule has 1 aromatic rings. The zero-order valence-electron chi connectivity index (χ0n) is 16.7. The fraction of sp³-hybridized carbons (Fsp3) is 0.619. The first-order chi connectivity index (χ1) is 11.4. The summed E-state index contributed by atoms with van der Waals surface area (Å²) >= 11 is 6.02. The molecule has 4 heteroatoms. The maximum absolute atomic E-state index is 9.96. The Morgan fingerprint density at radius 2 is 1.80 bits per heavy atom. The minimum absolute atomic E-state index is 0.0151. The predicted molar refractivity (Wildman–Crippen MR) is 110 cm³/mol. The molecule has 1 saturated carbocycles. The molecule has 1 aliphatic carbocycles. The molecule has 0 spiro atoms. The van der Waals surface area contributed by atoms with Gasteiger partial charge < -0.3 is 9.53 Å². The fourth-order valence-corrected chi connectivity index (χ4v) is 4.86. The SMILES string of the molecule is CC1(C)C[C@@H](CO)/C(=C/c2ccc(Cl)cc2)[C@@H]1O[Si](C)(C)C(C)(C)C. The fourth-order valence-electron chi connectivity index (χ4n) is 3.34. The number of halogens is 1. The molecule has 0 aliphatic heterocycles. The highest BCUT2D eigenvalue weighted by atomic mass is 35.5. The number of aliphatic hydroxyl groups excluding tert-OH is 1. The molecular weight excluding hydrogens is 348 g/mol. The topological polar surface area (TPSA) is 29.5 Å². The van der Waals surface area contributed by atoms with Crippen LogP contribution in [0.4, 0.5) is 0 Å². The molecule has 25 heavy (non-hydrogen) atoms. The Morgan fingerprint density at radius 1 is 1.24 bits per heavy atom. The Morgan fingerprint density at radius 3 is 2.28 bits per heavy atom. The summed E-state index contributed by atoms with van der Waals surface area (Å²) in [6, 6.07) is 7.87. The van der Waals surface area contributed by atoms with Crippen LogP contribution < -0.4 is 0 Å². The van der Waals surface area contributed by atoms with E-state index >= 15 is 0 Å². The Bertz CT molecular complexity index is 626. The summed E-state index contributed by atoms with van der Waals surface area (Å²) in [6.07, 6.45) is 3.19. The molecule has 140 valence electrons. The highest BCUT2D eigenvalue weighted by Gasteiger charge is 2.49. The van der Waals surface area contributed by atoms with Gasteiger partial charge in [-0.25, -0.2) is 0 Å². The number of aliphatic hydroxyl groups is 1. The Labute approximate surface area is 159 Å². The second kappa shape index (κ2) is 7.19. The first kappa shape index (κ1) is 20.7. The van der Waals surface area contributed by atoms with Gasteiger partial charge in [0.05, 0.1) is 6.10 Å². The van der Waals surface area contributed by atoms with Crippen molar-refractivity contribution >= 4 is 26.0 Å². The predicted octanol–water partition coefficient (Wildman–Crippen LogP) is 6.15. The molecule has 0 radical (unpaired) electrons. The van der Waals surface area contributed by atoms with Crippen molar-refractivity contribution in [2.45, 2.75) is 65.3 Å². The zero-order valence-corrected chi connectivity index (χ0v) is 18.4. The quantitative estimate of drug-likeness (QED) is 0.634. The summed E-state index contributed by atoms with van der Waals surface area (Å²) < 4.78 is 6.85. The number of hydrogen-bond donors (Lipinski definition) is 1. The number of benzene rings is 1. The Hall–Kier alpha value is -0.613. The highest BCUT2D eigenvalue weighted by molar-refractivity contribution is 6.74. The molecule has 2 atom stereocenters. The van der Waals surface area contributed by atoms with Crippen molar-refractivity contribution in [2.24, 2.45) is 11.3 Å². The van der Waals surface area contributed by atoms with E-state index in [4.69, 9.17) is 16.0 Å². The van der Waals surface area contributed by atoms with Crippen LogP contribution in [0.5, 0.6) is 0 Å². The summed E-state index contributed by atoms with van der Waals surface area (Å²) in [5, 5.41) is 10.9. The normalized spacial score (nSPS) is 25.6. The van der Waals surface area contributed by atoms with Gasteiger partial charge in [0.15, 0.2) is 8.32 Å². The number of rotatable bonds is 4. The molecule has 1 aromatic carbocycles. The third kappa shape index (κ3) is 4.57. The lowest BCUT2D eigenvalue weighted by Gasteiger charge is -2.42. The van der Waals surface area contributed by atoms with E-state index in [1.165, 1.54) is 5.57 Å². The smallest absolute Gasteiger partial charge is 0.192 e. The van der Waals surface area contributed by atoms with Gasteiger partial charge in [-0.05, 0) is 53.2 Å². The van der Waals surface area contributed by atoms with Crippen LogP contribution in [0.1, 0.15) is 46.6 Å². The van der Waals surface area contributed by atoms with Crippen LogP contribution in [0.15, 0.2) is 29.8 Å². The van der Waals surface area contributed by atoms with Gasteiger partial charge in [-0.1, -0.05) is 64.4 Å². The minimum atomic E-state index is -1.91. The van der Waals surface area contributed by atoms with E-state index in [1.807, 2.05) is 24.3 Å². The largest absolute Gasteiger partial charge is 0.410 e. The maximum Gasteiger partial charge on any atom is 0.192 e. The van der Waals surface area contributed by atoms with Gasteiger partial charge in [-0.2, -0.15) is 0 Å². The van der Waals surface area contributed by atoms with Crippen LogP contribution in [0.2, 0.25) is 23.2 Å². The third-order valence-corrected chi connectivity index (χ3v) is 10.6. The third-order valence-electron chi connectivity index (χ3n) is 5.90. The van der Waals surface area contributed by atoms with Crippen molar-refractivity contribution in [1.29, 1.82) is 0 Å². The lowest BCUT2D eigenvalue weighted by molar-refractivity contribution is 0.112. The van der Waals surface area contributed by atoms with Gasteiger partial charge in [0, 0.05) is 17.5 Å². The summed E-state index contributed by atoms with van der Waals surface area (Å²) in [4.78, 5) is 0.